The molecule has 254 valence electrons. The number of nitrogens with one attached hydrogen (secondary N) is 1. The molecule has 2 N–H and O–H groups in total. The Balaban J connectivity index is 0.00000392. The summed E-state index contributed by atoms with van der Waals surface area (Å²) in [6.07, 6.45) is 2.79. The van der Waals surface area contributed by atoms with Crippen molar-refractivity contribution in [2.24, 2.45) is 7.05 Å². The Morgan fingerprint density at radius 1 is 0.900 bits per heavy atom. The van der Waals surface area contributed by atoms with Crippen LogP contribution in [0.3, 0.4) is 0 Å². The highest BCUT2D eigenvalue weighted by Crippen LogP contribution is 2.37. The Morgan fingerprint density at radius 3 is 2.46 bits per heavy atom. The van der Waals surface area contributed by atoms with Crippen LogP contribution in [0.15, 0.2) is 103 Å². The predicted molar refractivity (Wildman–Crippen MR) is 201 cm³/mol. The topological polar surface area (TPSA) is 82.7 Å². The van der Waals surface area contributed by atoms with E-state index >= 15 is 0 Å². The molecule has 0 saturated heterocycles. The number of nitrogens with zero attached hydrogens (tertiary/aromatic N) is 4. The monoisotopic (exact) mass is 705 g/mol. The fourth-order valence-electron chi connectivity index (χ4n) is 7.37. The number of anilines is 2. The van der Waals surface area contributed by atoms with E-state index in [4.69, 9.17) is 11.6 Å². The van der Waals surface area contributed by atoms with E-state index in [1.54, 1.807) is 35.2 Å². The van der Waals surface area contributed by atoms with Gasteiger partial charge in [0.15, 0.2) is 0 Å². The van der Waals surface area contributed by atoms with E-state index in [2.05, 4.69) is 28.9 Å². The number of fused-ring (bicyclic) bond motifs is 3. The summed E-state index contributed by atoms with van der Waals surface area (Å²) in [5.41, 5.74) is 8.23. The van der Waals surface area contributed by atoms with Crippen LogP contribution in [-0.4, -0.2) is 43.5 Å². The lowest BCUT2D eigenvalue weighted by atomic mass is 9.93. The molecule has 1 atom stereocenters. The number of aromatic hydroxyl groups is 1. The number of hydrogen-bond donors (Lipinski definition) is 2. The fraction of sp³-hybridized carbons (Fsp3) is 0.200. The van der Waals surface area contributed by atoms with Crippen molar-refractivity contribution in [3.63, 3.8) is 0 Å². The minimum absolute atomic E-state index is 0. The van der Waals surface area contributed by atoms with Gasteiger partial charge in [0, 0.05) is 95.3 Å². The maximum absolute atomic E-state index is 14.9. The molecule has 0 spiro atoms. The second-order valence-electron chi connectivity index (χ2n) is 13.0. The van der Waals surface area contributed by atoms with Crippen molar-refractivity contribution in [3.05, 3.63) is 136 Å². The lowest BCUT2D eigenvalue weighted by Crippen LogP contribution is -2.42. The first-order valence-corrected chi connectivity index (χ1v) is 16.9. The molecule has 4 aromatic carbocycles. The van der Waals surface area contributed by atoms with Crippen molar-refractivity contribution < 1.29 is 14.7 Å². The molecule has 50 heavy (non-hydrogen) atoms. The van der Waals surface area contributed by atoms with E-state index in [0.717, 1.165) is 40.8 Å². The second kappa shape index (κ2) is 13.4. The van der Waals surface area contributed by atoms with Crippen molar-refractivity contribution in [2.75, 3.05) is 11.4 Å². The lowest BCUT2D eigenvalue weighted by Gasteiger charge is -2.35. The molecule has 8 nitrogen and oxygen atoms in total. The van der Waals surface area contributed by atoms with Gasteiger partial charge in [-0.15, -0.1) is 12.4 Å². The Bertz CT molecular complexity index is 2260. The van der Waals surface area contributed by atoms with E-state index in [-0.39, 0.29) is 36.0 Å². The molecule has 2 aromatic heterocycles. The first-order valence-electron chi connectivity index (χ1n) is 16.6. The van der Waals surface area contributed by atoms with Crippen molar-refractivity contribution in [3.8, 4) is 17.0 Å². The van der Waals surface area contributed by atoms with Crippen LogP contribution in [-0.2, 0) is 33.1 Å². The van der Waals surface area contributed by atoms with Crippen LogP contribution in [0.5, 0.6) is 5.75 Å². The lowest BCUT2D eigenvalue weighted by molar-refractivity contribution is 0.0659. The Kier molecular flexibility index (Phi) is 8.95. The molecule has 0 radical (unpaired) electrons. The summed E-state index contributed by atoms with van der Waals surface area (Å²) in [5.74, 6) is -0.157. The third-order valence-electron chi connectivity index (χ3n) is 9.94. The van der Waals surface area contributed by atoms with Crippen LogP contribution in [0.4, 0.5) is 11.4 Å². The van der Waals surface area contributed by atoms with Crippen LogP contribution in [0.2, 0.25) is 5.02 Å². The van der Waals surface area contributed by atoms with Gasteiger partial charge in [-0.05, 0) is 97.3 Å². The largest absolute Gasteiger partial charge is 0.508 e. The number of phenolic OH excluding ortho intramolecular Hbond substituents is 1. The summed E-state index contributed by atoms with van der Waals surface area (Å²) < 4.78 is 4.19. The molecule has 4 heterocycles. The quantitative estimate of drug-likeness (QED) is 0.190. The number of amides is 2. The zero-order valence-electron chi connectivity index (χ0n) is 27.8. The van der Waals surface area contributed by atoms with Gasteiger partial charge in [0.25, 0.3) is 11.8 Å². The highest BCUT2D eigenvalue weighted by atomic mass is 35.5. The van der Waals surface area contributed by atoms with Gasteiger partial charge in [0.1, 0.15) is 5.75 Å². The highest BCUT2D eigenvalue weighted by Gasteiger charge is 2.32. The van der Waals surface area contributed by atoms with E-state index in [1.807, 2.05) is 77.3 Å². The number of rotatable bonds is 5. The van der Waals surface area contributed by atoms with Gasteiger partial charge in [-0.1, -0.05) is 35.9 Å². The Labute approximate surface area is 301 Å². The Morgan fingerprint density at radius 2 is 1.66 bits per heavy atom. The number of aryl methyl sites for hydroxylation is 1. The number of aromatic nitrogens is 2. The van der Waals surface area contributed by atoms with Crippen molar-refractivity contribution in [1.82, 2.24) is 19.4 Å². The summed E-state index contributed by atoms with van der Waals surface area (Å²) in [5, 5.41) is 15.1. The molecule has 0 unspecified atom stereocenters. The smallest absolute Gasteiger partial charge is 0.264 e. The number of halogens is 2. The summed E-state index contributed by atoms with van der Waals surface area (Å²) in [7, 11) is 1.99. The molecule has 0 saturated carbocycles. The molecule has 8 rings (SSSR count). The van der Waals surface area contributed by atoms with Gasteiger partial charge in [-0.2, -0.15) is 0 Å². The van der Waals surface area contributed by atoms with Crippen LogP contribution in [0.1, 0.15) is 44.5 Å². The first kappa shape index (κ1) is 33.5. The zero-order valence-corrected chi connectivity index (χ0v) is 29.3. The number of phenols is 1. The van der Waals surface area contributed by atoms with E-state index in [1.165, 1.54) is 5.56 Å². The molecular weight excluding hydrogens is 669 g/mol. The van der Waals surface area contributed by atoms with Crippen LogP contribution >= 0.6 is 24.0 Å². The van der Waals surface area contributed by atoms with Crippen molar-refractivity contribution in [2.45, 2.75) is 39.0 Å². The van der Waals surface area contributed by atoms with Crippen LogP contribution < -0.4 is 10.2 Å². The second-order valence-corrected chi connectivity index (χ2v) is 13.4. The van der Waals surface area contributed by atoms with Crippen LogP contribution in [0.25, 0.3) is 22.2 Å². The molecule has 2 amide bonds. The zero-order chi connectivity index (χ0) is 33.8. The third-order valence-corrected chi connectivity index (χ3v) is 10.2. The number of carbonyl (C=O) groups excluding carboxylic acids is 2. The van der Waals surface area contributed by atoms with Crippen molar-refractivity contribution >= 4 is 58.1 Å². The molecule has 2 aliphatic rings. The molecule has 0 fully saturated rings. The maximum atomic E-state index is 14.9. The highest BCUT2D eigenvalue weighted by molar-refractivity contribution is 6.31. The molecule has 0 bridgehead atoms. The first-order chi connectivity index (χ1) is 23.8. The number of carbonyl (C=O) groups is 2. The maximum Gasteiger partial charge on any atom is 0.264 e. The number of benzene rings is 4. The standard InChI is InChI=1S/C40H36ClN5O3.ClH/c1-25-19-26-5-3-4-6-28(26)24-45(25)39(48)33-13-7-29(41)21-34(33)37-22-35(38-23-42-16-18-44(37)38)40(49)46(30-8-11-32(47)12-9-30)31-10-14-36-27(20-31)15-17-43(36)2;/h3-15,17,20-22,25,42,47H,16,18-19,23-24H2,1-2H3;1H/t25-;/m1./s1. The van der Waals surface area contributed by atoms with Gasteiger partial charge in [-0.25, -0.2) is 0 Å². The van der Waals surface area contributed by atoms with Crippen molar-refractivity contribution in [1.29, 1.82) is 0 Å². The summed E-state index contributed by atoms with van der Waals surface area (Å²) >= 11 is 6.63. The van der Waals surface area contributed by atoms with Gasteiger partial charge < -0.3 is 24.5 Å². The predicted octanol–water partition coefficient (Wildman–Crippen LogP) is 8.10. The van der Waals surface area contributed by atoms with Gasteiger partial charge >= 0.3 is 0 Å². The van der Waals surface area contributed by atoms with E-state index in [0.29, 0.717) is 52.7 Å². The fourth-order valence-corrected chi connectivity index (χ4v) is 7.55. The minimum atomic E-state index is -0.212. The molecule has 2 aliphatic heterocycles. The molecular formula is C40H37Cl2N5O3. The SMILES string of the molecule is C[C@@H]1Cc2ccccc2CN1C(=O)c1ccc(Cl)cc1-c1cc(C(=O)N(c2ccc(O)cc2)c2ccc3c(ccn3C)c2)c2n1CCNC2.Cl. The minimum Gasteiger partial charge on any atom is -0.508 e. The molecule has 0 aliphatic carbocycles. The van der Waals surface area contributed by atoms with E-state index < -0.39 is 0 Å². The average molecular weight is 707 g/mol. The van der Waals surface area contributed by atoms with Gasteiger partial charge in [0.2, 0.25) is 0 Å². The number of hydrogen-bond acceptors (Lipinski definition) is 4. The summed E-state index contributed by atoms with van der Waals surface area (Å²) in [6.45, 7) is 4.46. The van der Waals surface area contributed by atoms with Gasteiger partial charge in [-0.3, -0.25) is 14.5 Å². The molecule has 10 heteroatoms. The normalized spacial score (nSPS) is 15.3. The summed E-state index contributed by atoms with van der Waals surface area (Å²) in [4.78, 5) is 32.9. The average Bonchev–Trinajstić information content (AvgIpc) is 3.69. The molecule has 6 aromatic rings. The Hall–Kier alpha value is -5.02. The van der Waals surface area contributed by atoms with E-state index in [9.17, 15) is 14.7 Å². The third kappa shape index (κ3) is 5.83. The van der Waals surface area contributed by atoms with Gasteiger partial charge in [0.05, 0.1) is 5.56 Å². The summed E-state index contributed by atoms with van der Waals surface area (Å²) in [6, 6.07) is 30.3. The van der Waals surface area contributed by atoms with Crippen LogP contribution in [0, 0.1) is 0 Å².